The van der Waals surface area contributed by atoms with E-state index in [1.54, 1.807) is 0 Å². The molecular weight excluding hydrogens is 510 g/mol. The van der Waals surface area contributed by atoms with Crippen molar-refractivity contribution in [2.24, 2.45) is 0 Å². The Morgan fingerprint density at radius 1 is 0.906 bits per heavy atom. The van der Waals surface area contributed by atoms with Crippen molar-refractivity contribution in [3.05, 3.63) is 44.0 Å². The Morgan fingerprint density at radius 2 is 1.31 bits per heavy atom. The van der Waals surface area contributed by atoms with Crippen LogP contribution in [0.3, 0.4) is 0 Å². The third-order valence-corrected chi connectivity index (χ3v) is 9.34. The van der Waals surface area contributed by atoms with Gasteiger partial charge in [-0.15, -0.1) is 0 Å². The molecule has 0 spiro atoms. The van der Waals surface area contributed by atoms with Crippen molar-refractivity contribution in [2.45, 2.75) is 27.7 Å². The molecule has 17 heteroatoms. The van der Waals surface area contributed by atoms with Gasteiger partial charge in [0.05, 0.1) is 36.3 Å². The maximum absolute atomic E-state index is 10.6. The highest BCUT2D eigenvalue weighted by atomic mass is 32.5. The van der Waals surface area contributed by atoms with Crippen LogP contribution in [0.5, 0.6) is 0 Å². The van der Waals surface area contributed by atoms with Crippen molar-refractivity contribution >= 4 is 54.4 Å². The Bertz CT molecular complexity index is 820. The number of hydrogen-bond donors (Lipinski definition) is 1. The number of nitro benzene ring substituents is 2. The van der Waals surface area contributed by atoms with Gasteiger partial charge in [-0.2, -0.15) is 0 Å². The summed E-state index contributed by atoms with van der Waals surface area (Å²) in [5, 5.41) is 29.5. The monoisotopic (exact) mass is 534 g/mol. The molecule has 0 aliphatic rings. The van der Waals surface area contributed by atoms with Crippen LogP contribution in [0.1, 0.15) is 38.1 Å². The van der Waals surface area contributed by atoms with Gasteiger partial charge in [0.25, 0.3) is 0 Å². The maximum Gasteiger partial charge on any atom is 0.360 e. The summed E-state index contributed by atoms with van der Waals surface area (Å²) in [4.78, 5) is 29.4. The highest BCUT2D eigenvalue weighted by molar-refractivity contribution is 8.14. The van der Waals surface area contributed by atoms with Crippen LogP contribution in [0, 0.1) is 20.2 Å². The number of nitrogens with zero attached hydrogens (tertiary/aromatic N) is 2. The van der Waals surface area contributed by atoms with Gasteiger partial charge in [-0.1, -0.05) is 6.07 Å². The van der Waals surface area contributed by atoms with Crippen LogP contribution >= 0.6 is 13.4 Å². The molecule has 32 heavy (non-hydrogen) atoms. The number of nitro groups is 2. The molecule has 0 bridgehead atoms. The fourth-order valence-corrected chi connectivity index (χ4v) is 8.34. The van der Waals surface area contributed by atoms with E-state index in [0.717, 1.165) is 18.2 Å². The molecule has 0 saturated heterocycles. The minimum absolute atomic E-state index is 0.394. The summed E-state index contributed by atoms with van der Waals surface area (Å²) in [6, 6.07) is 2.90. The summed E-state index contributed by atoms with van der Waals surface area (Å²) in [6.45, 7) is 3.09. The van der Waals surface area contributed by atoms with E-state index in [4.69, 9.17) is 51.1 Å². The number of rotatable bonds is 13. The lowest BCUT2D eigenvalue weighted by molar-refractivity contribution is -0.422. The van der Waals surface area contributed by atoms with Crippen LogP contribution in [0.25, 0.3) is 0 Å². The van der Waals surface area contributed by atoms with Crippen molar-refractivity contribution in [2.75, 3.05) is 26.4 Å². The van der Waals surface area contributed by atoms with Gasteiger partial charge >= 0.3 is 30.8 Å². The molecule has 0 aliphatic heterocycles. The summed E-state index contributed by atoms with van der Waals surface area (Å²) < 4.78 is 26.9. The molecule has 0 aromatic heterocycles. The standard InChI is InChI=1S/C8H20O5P2S2.C7H4N2O6/c1-5-9-14(16,10-6-2)13-15(17,11-7-3)12-8-4;10-7(11)4-2-1-3-5(8(12)13)6(4)9(14)15/h5-8H2,1-4H3;1-3H,(H,10,11). The molecule has 0 amide bonds. The zero-order valence-electron chi connectivity index (χ0n) is 17.7. The van der Waals surface area contributed by atoms with E-state index in [0.29, 0.717) is 26.4 Å². The van der Waals surface area contributed by atoms with Gasteiger partial charge in [-0.3, -0.25) is 20.2 Å². The minimum atomic E-state index is -2.87. The lowest BCUT2D eigenvalue weighted by Crippen LogP contribution is -2.05. The normalized spacial score (nSPS) is 11.4. The third kappa shape index (κ3) is 10.0. The number of benzene rings is 1. The minimum Gasteiger partial charge on any atom is -0.477 e. The predicted molar refractivity (Wildman–Crippen MR) is 123 cm³/mol. The first-order chi connectivity index (χ1) is 14.9. The second-order valence-corrected chi connectivity index (χ2v) is 11.3. The summed E-state index contributed by atoms with van der Waals surface area (Å²) in [5.74, 6) is -1.58. The fraction of sp³-hybridized carbons (Fsp3) is 0.533. The average molecular weight is 534 g/mol. The predicted octanol–water partition coefficient (Wildman–Crippen LogP) is 4.80. The van der Waals surface area contributed by atoms with Gasteiger partial charge in [0, 0.05) is 6.07 Å². The molecule has 0 saturated carbocycles. The molecule has 1 N–H and O–H groups in total. The van der Waals surface area contributed by atoms with Crippen molar-refractivity contribution in [3.63, 3.8) is 0 Å². The second-order valence-electron chi connectivity index (χ2n) is 5.14. The molecule has 0 fully saturated rings. The lowest BCUT2D eigenvalue weighted by Gasteiger charge is -2.27. The quantitative estimate of drug-likeness (QED) is 0.208. The Morgan fingerprint density at radius 3 is 1.59 bits per heavy atom. The molecule has 182 valence electrons. The first kappa shape index (κ1) is 30.6. The molecule has 1 aromatic carbocycles. The first-order valence-corrected chi connectivity index (χ1v) is 14.2. The highest BCUT2D eigenvalue weighted by Crippen LogP contribution is 2.66. The summed E-state index contributed by atoms with van der Waals surface area (Å²) in [5.41, 5.74) is -2.54. The van der Waals surface area contributed by atoms with Crippen LogP contribution in [0.15, 0.2) is 18.2 Å². The zero-order chi connectivity index (χ0) is 24.9. The van der Waals surface area contributed by atoms with Crippen molar-refractivity contribution in [1.82, 2.24) is 0 Å². The van der Waals surface area contributed by atoms with Gasteiger partial charge in [-0.25, -0.2) is 9.11 Å². The maximum atomic E-state index is 10.6. The van der Waals surface area contributed by atoms with Gasteiger partial charge in [-0.05, 0) is 57.4 Å². The Labute approximate surface area is 194 Å². The van der Waals surface area contributed by atoms with Gasteiger partial charge in [0.2, 0.25) is 0 Å². The van der Waals surface area contributed by atoms with Crippen LogP contribution in [0.2, 0.25) is 0 Å². The van der Waals surface area contributed by atoms with Crippen molar-refractivity contribution < 1.29 is 42.2 Å². The fourth-order valence-electron chi connectivity index (χ4n) is 1.97. The van der Waals surface area contributed by atoms with E-state index in [9.17, 15) is 25.0 Å². The topological polar surface area (TPSA) is 170 Å². The van der Waals surface area contributed by atoms with E-state index in [1.165, 1.54) is 0 Å². The molecule has 0 radical (unpaired) electrons. The summed E-state index contributed by atoms with van der Waals surface area (Å²) in [6.07, 6.45) is 0. The van der Waals surface area contributed by atoms with E-state index >= 15 is 0 Å². The lowest BCUT2D eigenvalue weighted by atomic mass is 10.1. The van der Waals surface area contributed by atoms with E-state index in [2.05, 4.69) is 0 Å². The highest BCUT2D eigenvalue weighted by Gasteiger charge is 2.32. The molecule has 0 atom stereocenters. The van der Waals surface area contributed by atoms with Crippen molar-refractivity contribution in [3.8, 4) is 0 Å². The number of para-hydroxylation sites is 1. The molecule has 0 heterocycles. The molecular formula is C15H24N2O11P2S2. The van der Waals surface area contributed by atoms with Crippen LogP contribution in [-0.4, -0.2) is 47.3 Å². The zero-order valence-corrected chi connectivity index (χ0v) is 21.1. The largest absolute Gasteiger partial charge is 0.477 e. The van der Waals surface area contributed by atoms with Gasteiger partial charge < -0.3 is 23.2 Å². The number of hydrogen-bond acceptors (Lipinski definition) is 12. The Balaban J connectivity index is 0.000000604. The molecule has 13 nitrogen and oxygen atoms in total. The van der Waals surface area contributed by atoms with Gasteiger partial charge in [0.15, 0.2) is 0 Å². The summed E-state index contributed by atoms with van der Waals surface area (Å²) >= 11 is 10.4. The molecule has 0 aliphatic carbocycles. The Hall–Kier alpha value is -1.41. The summed E-state index contributed by atoms with van der Waals surface area (Å²) in [7, 11) is 0. The average Bonchev–Trinajstić information content (AvgIpc) is 2.67. The van der Waals surface area contributed by atoms with Crippen LogP contribution < -0.4 is 0 Å². The molecule has 1 aromatic rings. The number of carbonyl (C=O) groups is 1. The molecule has 1 rings (SSSR count). The van der Waals surface area contributed by atoms with Crippen LogP contribution in [0.4, 0.5) is 11.4 Å². The second kappa shape index (κ2) is 14.7. The van der Waals surface area contributed by atoms with E-state index in [-0.39, 0.29) is 0 Å². The number of carboxylic acid groups (broad SMARTS) is 1. The number of carboxylic acids is 1. The van der Waals surface area contributed by atoms with Crippen molar-refractivity contribution in [1.29, 1.82) is 0 Å². The Kier molecular flexibility index (Phi) is 14.0. The third-order valence-electron chi connectivity index (χ3n) is 2.97. The smallest absolute Gasteiger partial charge is 0.360 e. The van der Waals surface area contributed by atoms with E-state index in [1.807, 2.05) is 27.7 Å². The van der Waals surface area contributed by atoms with Gasteiger partial charge in [0.1, 0.15) is 5.56 Å². The van der Waals surface area contributed by atoms with E-state index < -0.39 is 46.2 Å². The first-order valence-electron chi connectivity index (χ1n) is 9.04. The van der Waals surface area contributed by atoms with Crippen LogP contribution in [-0.2, 0) is 46.0 Å². The molecule has 0 unspecified atom stereocenters. The number of aromatic carboxylic acids is 1. The SMILES string of the molecule is CCOP(=S)(OCC)OP(=S)(OCC)OCC.O=C(O)c1cccc([N+](=O)[O-])c1[N+](=O)[O-].